The lowest BCUT2D eigenvalue weighted by molar-refractivity contribution is -0.131. The molecule has 1 aromatic carbocycles. The van der Waals surface area contributed by atoms with Crippen molar-refractivity contribution in [3.8, 4) is 0 Å². The quantitative estimate of drug-likeness (QED) is 0.793. The number of nitrogens with zero attached hydrogens (tertiary/aromatic N) is 1. The fourth-order valence-electron chi connectivity index (χ4n) is 2.14. The summed E-state index contributed by atoms with van der Waals surface area (Å²) >= 11 is 3.40. The number of carboxylic acids is 1. The Bertz CT molecular complexity index is 588. The molecule has 3 N–H and O–H groups in total. The van der Waals surface area contributed by atoms with Gasteiger partial charge in [0.2, 0.25) is 5.91 Å². The number of nitrogens with two attached hydrogens (primary N) is 1. The van der Waals surface area contributed by atoms with Gasteiger partial charge >= 0.3 is 5.97 Å². The van der Waals surface area contributed by atoms with Crippen LogP contribution in [0.1, 0.15) is 5.56 Å². The summed E-state index contributed by atoms with van der Waals surface area (Å²) in [4.78, 5) is 23.9. The summed E-state index contributed by atoms with van der Waals surface area (Å²) in [5.74, 6) is -1.44. The second-order valence-electron chi connectivity index (χ2n) is 4.56. The summed E-state index contributed by atoms with van der Waals surface area (Å²) in [6, 6.07) is 4.95. The Morgan fingerprint density at radius 2 is 2.24 bits per heavy atom. The van der Waals surface area contributed by atoms with Gasteiger partial charge in [-0.3, -0.25) is 4.79 Å². The third-order valence-electron chi connectivity index (χ3n) is 3.18. The van der Waals surface area contributed by atoms with E-state index in [1.807, 2.05) is 17.0 Å². The van der Waals surface area contributed by atoms with Gasteiger partial charge in [-0.05, 0) is 23.8 Å². The van der Waals surface area contributed by atoms with Crippen molar-refractivity contribution in [3.63, 3.8) is 0 Å². The van der Waals surface area contributed by atoms with Crippen LogP contribution in [-0.2, 0) is 14.3 Å². The second-order valence-corrected chi connectivity index (χ2v) is 5.42. The van der Waals surface area contributed by atoms with Gasteiger partial charge in [0.15, 0.2) is 0 Å². The maximum Gasteiger partial charge on any atom is 0.328 e. The summed E-state index contributed by atoms with van der Waals surface area (Å²) in [6.45, 7) is 1.38. The number of amides is 1. The predicted molar refractivity (Wildman–Crippen MR) is 82.0 cm³/mol. The van der Waals surface area contributed by atoms with Gasteiger partial charge in [-0.2, -0.15) is 0 Å². The lowest BCUT2D eigenvalue weighted by atomic mass is 10.1. The van der Waals surface area contributed by atoms with E-state index in [9.17, 15) is 9.59 Å². The van der Waals surface area contributed by atoms with Crippen LogP contribution in [-0.4, -0.2) is 42.8 Å². The molecule has 0 saturated carbocycles. The molecular formula is C14H15BrN2O4. The van der Waals surface area contributed by atoms with Crippen LogP contribution in [0, 0.1) is 0 Å². The van der Waals surface area contributed by atoms with Gasteiger partial charge in [0, 0.05) is 22.8 Å². The first-order chi connectivity index (χ1) is 9.99. The highest BCUT2D eigenvalue weighted by atomic mass is 79.9. The number of hydrogen-bond acceptors (Lipinski definition) is 4. The van der Waals surface area contributed by atoms with E-state index in [0.717, 1.165) is 21.8 Å². The molecule has 0 spiro atoms. The minimum atomic E-state index is -1.01. The molecule has 1 atom stereocenters. The third-order valence-corrected chi connectivity index (χ3v) is 3.86. The van der Waals surface area contributed by atoms with Crippen LogP contribution in [0.15, 0.2) is 28.7 Å². The van der Waals surface area contributed by atoms with Crippen LogP contribution >= 0.6 is 15.9 Å². The van der Waals surface area contributed by atoms with Crippen LogP contribution in [0.5, 0.6) is 0 Å². The molecule has 6 nitrogen and oxygen atoms in total. The molecule has 0 radical (unpaired) electrons. The van der Waals surface area contributed by atoms with Crippen LogP contribution < -0.4 is 10.6 Å². The van der Waals surface area contributed by atoms with Gasteiger partial charge in [-0.25, -0.2) is 4.79 Å². The zero-order chi connectivity index (χ0) is 15.4. The van der Waals surface area contributed by atoms with E-state index in [2.05, 4.69) is 15.9 Å². The molecule has 112 valence electrons. The molecule has 0 aliphatic carbocycles. The number of aliphatic carboxylic acids is 1. The van der Waals surface area contributed by atoms with Crippen LogP contribution in [0.2, 0.25) is 0 Å². The second kappa shape index (κ2) is 6.73. The Labute approximate surface area is 130 Å². The largest absolute Gasteiger partial charge is 0.478 e. The average molecular weight is 355 g/mol. The van der Waals surface area contributed by atoms with Gasteiger partial charge in [0.05, 0.1) is 13.2 Å². The summed E-state index contributed by atoms with van der Waals surface area (Å²) in [5.41, 5.74) is 6.97. The fraction of sp³-hybridized carbons (Fsp3) is 0.286. The average Bonchev–Trinajstić information content (AvgIpc) is 2.45. The van der Waals surface area contributed by atoms with Crippen molar-refractivity contribution in [2.75, 3.05) is 24.7 Å². The summed E-state index contributed by atoms with van der Waals surface area (Å²) in [6.07, 6.45) is 2.57. The summed E-state index contributed by atoms with van der Waals surface area (Å²) in [5, 5.41) is 8.64. The number of primary amides is 1. The minimum absolute atomic E-state index is 0.271. The lowest BCUT2D eigenvalue weighted by Gasteiger charge is -2.35. The smallest absolute Gasteiger partial charge is 0.328 e. The van der Waals surface area contributed by atoms with E-state index >= 15 is 0 Å². The lowest BCUT2D eigenvalue weighted by Crippen LogP contribution is -2.52. The number of rotatable bonds is 4. The monoisotopic (exact) mass is 354 g/mol. The third kappa shape index (κ3) is 3.83. The maximum atomic E-state index is 11.5. The van der Waals surface area contributed by atoms with Crippen molar-refractivity contribution in [2.24, 2.45) is 5.73 Å². The number of hydrogen-bond donors (Lipinski definition) is 2. The molecule has 1 unspecified atom stereocenters. The SMILES string of the molecule is NC(=O)C1COCCN1c1ccc(/C=C/C(=O)O)c(Br)c1. The van der Waals surface area contributed by atoms with Crippen molar-refractivity contribution in [3.05, 3.63) is 34.3 Å². The van der Waals surface area contributed by atoms with Crippen molar-refractivity contribution in [2.45, 2.75) is 6.04 Å². The summed E-state index contributed by atoms with van der Waals surface area (Å²) < 4.78 is 6.03. The van der Waals surface area contributed by atoms with Crippen molar-refractivity contribution < 1.29 is 19.4 Å². The number of carbonyl (C=O) groups is 2. The minimum Gasteiger partial charge on any atom is -0.478 e. The molecule has 1 amide bonds. The molecule has 1 aliphatic heterocycles. The first kappa shape index (κ1) is 15.5. The molecule has 1 aromatic rings. The highest BCUT2D eigenvalue weighted by molar-refractivity contribution is 9.10. The molecule has 1 heterocycles. The van der Waals surface area contributed by atoms with Crippen molar-refractivity contribution >= 4 is 39.6 Å². The normalized spacial score (nSPS) is 18.9. The first-order valence-electron chi connectivity index (χ1n) is 6.33. The Balaban J connectivity index is 2.26. The number of benzene rings is 1. The van der Waals surface area contributed by atoms with E-state index in [4.69, 9.17) is 15.6 Å². The van der Waals surface area contributed by atoms with Gasteiger partial charge in [-0.15, -0.1) is 0 Å². The molecule has 1 fully saturated rings. The van der Waals surface area contributed by atoms with Crippen LogP contribution in [0.4, 0.5) is 5.69 Å². The fourth-order valence-corrected chi connectivity index (χ4v) is 2.64. The number of ether oxygens (including phenoxy) is 1. The molecule has 7 heteroatoms. The Kier molecular flexibility index (Phi) is 4.98. The van der Waals surface area contributed by atoms with Gasteiger partial charge in [-0.1, -0.05) is 22.0 Å². The number of halogens is 1. The number of morpholine rings is 1. The number of carboxylic acid groups (broad SMARTS) is 1. The van der Waals surface area contributed by atoms with E-state index in [1.165, 1.54) is 6.08 Å². The predicted octanol–water partition coefficient (Wildman–Crippen LogP) is 1.24. The van der Waals surface area contributed by atoms with Gasteiger partial charge < -0.3 is 20.5 Å². The molecule has 0 bridgehead atoms. The Morgan fingerprint density at radius 3 is 2.86 bits per heavy atom. The Hall–Kier alpha value is -1.86. The van der Waals surface area contributed by atoms with Crippen LogP contribution in [0.25, 0.3) is 6.08 Å². The van der Waals surface area contributed by atoms with E-state index in [1.54, 1.807) is 6.07 Å². The highest BCUT2D eigenvalue weighted by Gasteiger charge is 2.28. The van der Waals surface area contributed by atoms with E-state index in [-0.39, 0.29) is 6.61 Å². The van der Waals surface area contributed by atoms with Gasteiger partial charge in [0.1, 0.15) is 6.04 Å². The van der Waals surface area contributed by atoms with E-state index < -0.39 is 17.9 Å². The standard InChI is InChI=1S/C14H15BrN2O4/c15-11-7-10(3-1-9(11)2-4-13(18)19)17-5-6-21-8-12(17)14(16)20/h1-4,7,12H,5-6,8H2,(H2,16,20)(H,18,19)/b4-2+. The van der Waals surface area contributed by atoms with Crippen molar-refractivity contribution in [1.29, 1.82) is 0 Å². The number of carbonyl (C=O) groups excluding carboxylic acids is 1. The van der Waals surface area contributed by atoms with Gasteiger partial charge in [0.25, 0.3) is 0 Å². The number of anilines is 1. The molecule has 21 heavy (non-hydrogen) atoms. The molecule has 1 aliphatic rings. The molecule has 0 aromatic heterocycles. The zero-order valence-electron chi connectivity index (χ0n) is 11.2. The Morgan fingerprint density at radius 1 is 1.48 bits per heavy atom. The zero-order valence-corrected chi connectivity index (χ0v) is 12.7. The van der Waals surface area contributed by atoms with Crippen molar-refractivity contribution in [1.82, 2.24) is 0 Å². The molecule has 2 rings (SSSR count). The summed E-state index contributed by atoms with van der Waals surface area (Å²) in [7, 11) is 0. The molecule has 1 saturated heterocycles. The maximum absolute atomic E-state index is 11.5. The molecular weight excluding hydrogens is 340 g/mol. The topological polar surface area (TPSA) is 92.9 Å². The van der Waals surface area contributed by atoms with Crippen LogP contribution in [0.3, 0.4) is 0 Å². The van der Waals surface area contributed by atoms with E-state index in [0.29, 0.717) is 13.2 Å². The highest BCUT2D eigenvalue weighted by Crippen LogP contribution is 2.27. The first-order valence-corrected chi connectivity index (χ1v) is 7.12.